The van der Waals surface area contributed by atoms with E-state index < -0.39 is 0 Å². The Hall–Kier alpha value is -2.08. The fourth-order valence-corrected chi connectivity index (χ4v) is 3.89. The van der Waals surface area contributed by atoms with Crippen LogP contribution in [0, 0.1) is 5.92 Å². The Kier molecular flexibility index (Phi) is 7.53. The third-order valence-corrected chi connectivity index (χ3v) is 5.68. The van der Waals surface area contributed by atoms with E-state index in [1.165, 1.54) is 18.4 Å². The van der Waals surface area contributed by atoms with Crippen LogP contribution >= 0.6 is 12.4 Å². The quantitative estimate of drug-likeness (QED) is 0.695. The molecule has 0 radical (unpaired) electrons. The van der Waals surface area contributed by atoms with Gasteiger partial charge in [0.2, 0.25) is 0 Å². The lowest BCUT2D eigenvalue weighted by Gasteiger charge is -2.18. The van der Waals surface area contributed by atoms with Crippen molar-refractivity contribution in [3.05, 3.63) is 65.7 Å². The molecule has 1 aliphatic carbocycles. The van der Waals surface area contributed by atoms with Crippen molar-refractivity contribution in [3.8, 4) is 5.75 Å². The van der Waals surface area contributed by atoms with Crippen LogP contribution in [-0.4, -0.2) is 43.1 Å². The summed E-state index contributed by atoms with van der Waals surface area (Å²) in [7, 11) is 0. The first-order chi connectivity index (χ1) is 13.7. The van der Waals surface area contributed by atoms with Gasteiger partial charge in [0.15, 0.2) is 6.61 Å². The second kappa shape index (κ2) is 10.1. The van der Waals surface area contributed by atoms with Crippen LogP contribution in [0.1, 0.15) is 29.9 Å². The number of benzene rings is 2. The third kappa shape index (κ3) is 5.95. The first-order valence-electron chi connectivity index (χ1n) is 10.2. The van der Waals surface area contributed by atoms with Crippen LogP contribution < -0.4 is 15.8 Å². The lowest BCUT2D eigenvalue weighted by atomic mass is 9.95. The standard InChI is InChI=1S/C23H29N3O2.ClH/c24-21-15-26(14-20(21)18-6-2-1-3-7-18)13-19-8-4-5-9-22(19)28-16-23(27)25-12-17-10-11-17;/h1-9,17,20-21H,10-16,24H2,(H,25,27);1H/t20-,21+;/m0./s1. The Morgan fingerprint density at radius 1 is 1.07 bits per heavy atom. The van der Waals surface area contributed by atoms with E-state index in [0.717, 1.165) is 37.5 Å². The van der Waals surface area contributed by atoms with Gasteiger partial charge >= 0.3 is 0 Å². The minimum Gasteiger partial charge on any atom is -0.483 e. The first-order valence-corrected chi connectivity index (χ1v) is 10.2. The molecule has 0 spiro atoms. The summed E-state index contributed by atoms with van der Waals surface area (Å²) in [6, 6.07) is 18.6. The van der Waals surface area contributed by atoms with Gasteiger partial charge in [-0.1, -0.05) is 48.5 Å². The van der Waals surface area contributed by atoms with Gasteiger partial charge in [0.1, 0.15) is 5.75 Å². The van der Waals surface area contributed by atoms with Crippen LogP contribution in [-0.2, 0) is 11.3 Å². The molecule has 2 aromatic carbocycles. The lowest BCUT2D eigenvalue weighted by Crippen LogP contribution is -2.31. The molecule has 1 saturated carbocycles. The summed E-state index contributed by atoms with van der Waals surface area (Å²) < 4.78 is 5.83. The summed E-state index contributed by atoms with van der Waals surface area (Å²) in [6.45, 7) is 3.40. The normalized spacial score (nSPS) is 21.4. The topological polar surface area (TPSA) is 67.6 Å². The van der Waals surface area contributed by atoms with Gasteiger partial charge in [0.25, 0.3) is 5.91 Å². The van der Waals surface area contributed by atoms with E-state index in [-0.39, 0.29) is 31.0 Å². The molecule has 2 aromatic rings. The average molecular weight is 416 g/mol. The Bertz CT molecular complexity index is 798. The van der Waals surface area contributed by atoms with Crippen LogP contribution in [0.25, 0.3) is 0 Å². The van der Waals surface area contributed by atoms with Crippen molar-refractivity contribution in [1.82, 2.24) is 10.2 Å². The highest BCUT2D eigenvalue weighted by molar-refractivity contribution is 5.85. The molecule has 0 bridgehead atoms. The molecule has 2 aliphatic rings. The highest BCUT2D eigenvalue weighted by atomic mass is 35.5. The van der Waals surface area contributed by atoms with Crippen molar-refractivity contribution in [2.75, 3.05) is 26.2 Å². The second-order valence-corrected chi connectivity index (χ2v) is 8.02. The fraction of sp³-hybridized carbons (Fsp3) is 0.435. The first kappa shape index (κ1) is 21.6. The van der Waals surface area contributed by atoms with E-state index in [9.17, 15) is 4.79 Å². The number of halogens is 1. The van der Waals surface area contributed by atoms with Crippen LogP contribution in [0.15, 0.2) is 54.6 Å². The largest absolute Gasteiger partial charge is 0.483 e. The summed E-state index contributed by atoms with van der Waals surface area (Å²) in [4.78, 5) is 14.4. The third-order valence-electron chi connectivity index (χ3n) is 5.68. The van der Waals surface area contributed by atoms with Gasteiger partial charge in [-0.2, -0.15) is 0 Å². The van der Waals surface area contributed by atoms with E-state index in [4.69, 9.17) is 10.5 Å². The minimum absolute atomic E-state index is 0. The molecule has 156 valence electrons. The molecular formula is C23H30ClN3O2. The molecule has 1 aliphatic heterocycles. The number of nitrogens with zero attached hydrogens (tertiary/aromatic N) is 1. The highest BCUT2D eigenvalue weighted by Crippen LogP contribution is 2.29. The van der Waals surface area contributed by atoms with Crippen LogP contribution in [0.3, 0.4) is 0 Å². The number of likely N-dealkylation sites (tertiary alicyclic amines) is 1. The Morgan fingerprint density at radius 2 is 1.79 bits per heavy atom. The molecule has 2 fully saturated rings. The van der Waals surface area contributed by atoms with Gasteiger partial charge in [-0.3, -0.25) is 9.69 Å². The summed E-state index contributed by atoms with van der Waals surface area (Å²) in [5.74, 6) is 1.76. The van der Waals surface area contributed by atoms with Gasteiger partial charge in [-0.25, -0.2) is 0 Å². The van der Waals surface area contributed by atoms with E-state index in [1.54, 1.807) is 0 Å². The van der Waals surface area contributed by atoms with Crippen LogP contribution in [0.4, 0.5) is 0 Å². The van der Waals surface area contributed by atoms with E-state index in [0.29, 0.717) is 11.8 Å². The maximum absolute atomic E-state index is 12.0. The molecule has 1 amide bonds. The number of hydrogen-bond acceptors (Lipinski definition) is 4. The molecule has 1 saturated heterocycles. The molecule has 5 nitrogen and oxygen atoms in total. The summed E-state index contributed by atoms with van der Waals surface area (Å²) in [6.07, 6.45) is 2.46. The molecule has 3 N–H and O–H groups in total. The number of carbonyl (C=O) groups is 1. The number of para-hydroxylation sites is 1. The molecule has 0 aromatic heterocycles. The number of amides is 1. The van der Waals surface area contributed by atoms with Gasteiger partial charge < -0.3 is 15.8 Å². The monoisotopic (exact) mass is 415 g/mol. The fourth-order valence-electron chi connectivity index (χ4n) is 3.89. The Balaban J connectivity index is 0.00000240. The van der Waals surface area contributed by atoms with E-state index in [2.05, 4.69) is 40.5 Å². The predicted octanol–water partition coefficient (Wildman–Crippen LogP) is 2.94. The summed E-state index contributed by atoms with van der Waals surface area (Å²) in [5.41, 5.74) is 8.82. The SMILES string of the molecule is Cl.N[C@@H]1CN(Cc2ccccc2OCC(=O)NCC2CC2)C[C@H]1c1ccccc1. The molecule has 4 rings (SSSR count). The summed E-state index contributed by atoms with van der Waals surface area (Å²) >= 11 is 0. The number of nitrogens with two attached hydrogens (primary N) is 1. The lowest BCUT2D eigenvalue weighted by molar-refractivity contribution is -0.123. The molecule has 6 heteroatoms. The van der Waals surface area contributed by atoms with Gasteiger partial charge in [-0.15, -0.1) is 12.4 Å². The number of carbonyl (C=O) groups excluding carboxylic acids is 1. The zero-order valence-electron chi connectivity index (χ0n) is 16.6. The number of nitrogens with one attached hydrogen (secondary N) is 1. The van der Waals surface area contributed by atoms with Gasteiger partial charge in [0.05, 0.1) is 0 Å². The predicted molar refractivity (Wildman–Crippen MR) is 117 cm³/mol. The molecule has 1 heterocycles. The van der Waals surface area contributed by atoms with Crippen molar-refractivity contribution in [2.24, 2.45) is 11.7 Å². The number of ether oxygens (including phenoxy) is 1. The van der Waals surface area contributed by atoms with Crippen molar-refractivity contribution in [3.63, 3.8) is 0 Å². The van der Waals surface area contributed by atoms with Gasteiger partial charge in [0, 0.05) is 43.7 Å². The van der Waals surface area contributed by atoms with Crippen molar-refractivity contribution < 1.29 is 9.53 Å². The van der Waals surface area contributed by atoms with Crippen molar-refractivity contribution in [1.29, 1.82) is 0 Å². The van der Waals surface area contributed by atoms with Crippen molar-refractivity contribution >= 4 is 18.3 Å². The molecule has 2 atom stereocenters. The Morgan fingerprint density at radius 3 is 2.55 bits per heavy atom. The molecule has 29 heavy (non-hydrogen) atoms. The van der Waals surface area contributed by atoms with Gasteiger partial charge in [-0.05, 0) is 30.4 Å². The smallest absolute Gasteiger partial charge is 0.257 e. The van der Waals surface area contributed by atoms with E-state index in [1.807, 2.05) is 24.3 Å². The second-order valence-electron chi connectivity index (χ2n) is 8.02. The number of rotatable bonds is 8. The zero-order valence-corrected chi connectivity index (χ0v) is 17.4. The maximum atomic E-state index is 12.0. The van der Waals surface area contributed by atoms with E-state index >= 15 is 0 Å². The average Bonchev–Trinajstić information content (AvgIpc) is 3.48. The summed E-state index contributed by atoms with van der Waals surface area (Å²) in [5, 5.41) is 2.95. The Labute approximate surface area is 179 Å². The molecule has 0 unspecified atom stereocenters. The zero-order chi connectivity index (χ0) is 19.3. The van der Waals surface area contributed by atoms with Crippen LogP contribution in [0.5, 0.6) is 5.75 Å². The highest BCUT2D eigenvalue weighted by Gasteiger charge is 2.31. The molecular weight excluding hydrogens is 386 g/mol. The minimum atomic E-state index is -0.0472. The van der Waals surface area contributed by atoms with Crippen molar-refractivity contribution in [2.45, 2.75) is 31.3 Å². The maximum Gasteiger partial charge on any atom is 0.257 e. The van der Waals surface area contributed by atoms with Crippen LogP contribution in [0.2, 0.25) is 0 Å². The number of hydrogen-bond donors (Lipinski definition) is 2.